The first-order chi connectivity index (χ1) is 7.10. The number of carbonyl (C=O) groups is 1. The molecular weight excluding hydrogens is 219 g/mol. The van der Waals surface area contributed by atoms with Crippen molar-refractivity contribution in [3.8, 4) is 0 Å². The summed E-state index contributed by atoms with van der Waals surface area (Å²) in [5.74, 6) is -0.819. The zero-order valence-electron chi connectivity index (χ0n) is 8.64. The average Bonchev–Trinajstić information content (AvgIpc) is 2.17. The summed E-state index contributed by atoms with van der Waals surface area (Å²) in [6, 6.07) is 2.50. The quantitative estimate of drug-likeness (QED) is 0.589. The summed E-state index contributed by atoms with van der Waals surface area (Å²) in [5, 5.41) is 0. The molecule has 0 bridgehead atoms. The molecule has 1 rings (SSSR count). The first-order valence-electron chi connectivity index (χ1n) is 4.62. The number of carbonyl (C=O) groups excluding carboxylic acids is 1. The van der Waals surface area contributed by atoms with Crippen LogP contribution >= 0.6 is 11.6 Å². The predicted octanol–water partition coefficient (Wildman–Crippen LogP) is 3.05. The number of hydrogen-bond acceptors (Lipinski definition) is 2. The molecule has 0 aliphatic heterocycles. The van der Waals surface area contributed by atoms with E-state index in [1.165, 1.54) is 6.07 Å². The smallest absolute Gasteiger partial charge is 0.338 e. The third-order valence-corrected chi connectivity index (χ3v) is 2.33. The first kappa shape index (κ1) is 12.0. The van der Waals surface area contributed by atoms with E-state index in [0.717, 1.165) is 6.07 Å². The standard InChI is InChI=1S/C11H12ClFO2/c1-3-15-11(14)9-5-8(13)4-7(2)10(9)6-12/h4-5H,3,6H2,1-2H3. The van der Waals surface area contributed by atoms with Crippen LogP contribution in [-0.2, 0) is 10.6 Å². The average molecular weight is 231 g/mol. The lowest BCUT2D eigenvalue weighted by Gasteiger charge is -2.09. The third-order valence-electron chi connectivity index (χ3n) is 2.07. The molecule has 0 saturated carbocycles. The number of aryl methyl sites for hydroxylation is 1. The molecule has 0 saturated heterocycles. The molecule has 0 aromatic heterocycles. The molecule has 0 aliphatic rings. The minimum absolute atomic E-state index is 0.167. The van der Waals surface area contributed by atoms with Crippen molar-refractivity contribution in [3.63, 3.8) is 0 Å². The summed E-state index contributed by atoms with van der Waals surface area (Å²) >= 11 is 5.70. The zero-order valence-corrected chi connectivity index (χ0v) is 9.40. The van der Waals surface area contributed by atoms with Crippen LogP contribution in [-0.4, -0.2) is 12.6 Å². The van der Waals surface area contributed by atoms with Crippen molar-refractivity contribution in [1.29, 1.82) is 0 Å². The van der Waals surface area contributed by atoms with Gasteiger partial charge in [0.05, 0.1) is 12.2 Å². The van der Waals surface area contributed by atoms with Crippen LogP contribution in [0.4, 0.5) is 4.39 Å². The highest BCUT2D eigenvalue weighted by Gasteiger charge is 2.15. The zero-order chi connectivity index (χ0) is 11.4. The van der Waals surface area contributed by atoms with E-state index in [-0.39, 0.29) is 18.1 Å². The molecule has 0 N–H and O–H groups in total. The van der Waals surface area contributed by atoms with Gasteiger partial charge in [-0.05, 0) is 37.1 Å². The molecule has 0 atom stereocenters. The van der Waals surface area contributed by atoms with Crippen molar-refractivity contribution < 1.29 is 13.9 Å². The fourth-order valence-corrected chi connectivity index (χ4v) is 1.70. The monoisotopic (exact) mass is 230 g/mol. The minimum atomic E-state index is -0.532. The molecule has 15 heavy (non-hydrogen) atoms. The van der Waals surface area contributed by atoms with Gasteiger partial charge >= 0.3 is 5.97 Å². The number of benzene rings is 1. The fraction of sp³-hybridized carbons (Fsp3) is 0.364. The summed E-state index contributed by atoms with van der Waals surface area (Å²) in [5.41, 5.74) is 1.49. The Balaban J connectivity index is 3.20. The van der Waals surface area contributed by atoms with Gasteiger partial charge in [0, 0.05) is 5.88 Å². The van der Waals surface area contributed by atoms with Crippen LogP contribution in [0.2, 0.25) is 0 Å². The Morgan fingerprint density at radius 1 is 1.53 bits per heavy atom. The molecule has 2 nitrogen and oxygen atoms in total. The molecule has 0 unspecified atom stereocenters. The fourth-order valence-electron chi connectivity index (χ4n) is 1.34. The molecule has 0 radical (unpaired) electrons. The second-order valence-corrected chi connectivity index (χ2v) is 3.37. The summed E-state index contributed by atoms with van der Waals surface area (Å²) in [6.45, 7) is 3.67. The van der Waals surface area contributed by atoms with Crippen molar-refractivity contribution in [1.82, 2.24) is 0 Å². The van der Waals surface area contributed by atoms with E-state index >= 15 is 0 Å². The predicted molar refractivity (Wildman–Crippen MR) is 56.7 cm³/mol. The van der Waals surface area contributed by atoms with E-state index in [1.807, 2.05) is 0 Å². The van der Waals surface area contributed by atoms with Crippen molar-refractivity contribution >= 4 is 17.6 Å². The van der Waals surface area contributed by atoms with Gasteiger partial charge in [0.2, 0.25) is 0 Å². The second-order valence-electron chi connectivity index (χ2n) is 3.10. The third kappa shape index (κ3) is 2.69. The summed E-state index contributed by atoms with van der Waals surface area (Å²) < 4.78 is 17.9. The molecule has 1 aromatic rings. The first-order valence-corrected chi connectivity index (χ1v) is 5.15. The number of hydrogen-bond donors (Lipinski definition) is 0. The Bertz CT molecular complexity index is 377. The molecule has 0 fully saturated rings. The Morgan fingerprint density at radius 3 is 2.73 bits per heavy atom. The van der Waals surface area contributed by atoms with Crippen LogP contribution in [0.1, 0.15) is 28.4 Å². The number of rotatable bonds is 3. The Morgan fingerprint density at radius 2 is 2.20 bits per heavy atom. The molecule has 0 spiro atoms. The maximum atomic E-state index is 13.1. The number of alkyl halides is 1. The van der Waals surface area contributed by atoms with Crippen LogP contribution < -0.4 is 0 Å². The van der Waals surface area contributed by atoms with E-state index in [1.54, 1.807) is 13.8 Å². The SMILES string of the molecule is CCOC(=O)c1cc(F)cc(C)c1CCl. The van der Waals surface area contributed by atoms with Crippen LogP contribution in [0.5, 0.6) is 0 Å². The van der Waals surface area contributed by atoms with Crippen molar-refractivity contribution in [3.05, 3.63) is 34.6 Å². The molecule has 0 amide bonds. The van der Waals surface area contributed by atoms with Gasteiger partial charge in [-0.3, -0.25) is 0 Å². The highest BCUT2D eigenvalue weighted by molar-refractivity contribution is 6.17. The lowest BCUT2D eigenvalue weighted by atomic mass is 10.0. The van der Waals surface area contributed by atoms with Crippen molar-refractivity contribution in [2.24, 2.45) is 0 Å². The molecule has 4 heteroatoms. The van der Waals surface area contributed by atoms with Gasteiger partial charge in [-0.2, -0.15) is 0 Å². The maximum absolute atomic E-state index is 13.1. The summed E-state index contributed by atoms with van der Waals surface area (Å²) in [4.78, 5) is 11.5. The Labute approximate surface area is 93.0 Å². The van der Waals surface area contributed by atoms with E-state index in [4.69, 9.17) is 16.3 Å². The van der Waals surface area contributed by atoms with Gasteiger partial charge < -0.3 is 4.74 Å². The van der Waals surface area contributed by atoms with Gasteiger partial charge in [0.15, 0.2) is 0 Å². The van der Waals surface area contributed by atoms with Crippen LogP contribution in [0.3, 0.4) is 0 Å². The largest absolute Gasteiger partial charge is 0.462 e. The minimum Gasteiger partial charge on any atom is -0.462 e. The van der Waals surface area contributed by atoms with E-state index < -0.39 is 11.8 Å². The summed E-state index contributed by atoms with van der Waals surface area (Å²) in [7, 11) is 0. The van der Waals surface area contributed by atoms with Gasteiger partial charge in [-0.1, -0.05) is 0 Å². The Hall–Kier alpha value is -1.09. The molecule has 82 valence electrons. The van der Waals surface area contributed by atoms with Crippen LogP contribution in [0, 0.1) is 12.7 Å². The van der Waals surface area contributed by atoms with E-state index in [0.29, 0.717) is 11.1 Å². The highest BCUT2D eigenvalue weighted by Crippen LogP contribution is 2.19. The second kappa shape index (κ2) is 5.12. The number of esters is 1. The highest BCUT2D eigenvalue weighted by atomic mass is 35.5. The molecule has 0 aliphatic carbocycles. The topological polar surface area (TPSA) is 26.3 Å². The van der Waals surface area contributed by atoms with Crippen LogP contribution in [0.15, 0.2) is 12.1 Å². The maximum Gasteiger partial charge on any atom is 0.338 e. The van der Waals surface area contributed by atoms with Gasteiger partial charge in [-0.25, -0.2) is 9.18 Å². The lowest BCUT2D eigenvalue weighted by molar-refractivity contribution is 0.0524. The molecule has 0 heterocycles. The van der Waals surface area contributed by atoms with E-state index in [2.05, 4.69) is 0 Å². The molecular formula is C11H12ClFO2. The number of ether oxygens (including phenoxy) is 1. The molecule has 1 aromatic carbocycles. The van der Waals surface area contributed by atoms with Crippen molar-refractivity contribution in [2.45, 2.75) is 19.7 Å². The Kier molecular flexibility index (Phi) is 4.09. The van der Waals surface area contributed by atoms with Gasteiger partial charge in [0.25, 0.3) is 0 Å². The van der Waals surface area contributed by atoms with Crippen LogP contribution in [0.25, 0.3) is 0 Å². The number of halogens is 2. The van der Waals surface area contributed by atoms with E-state index in [9.17, 15) is 9.18 Å². The van der Waals surface area contributed by atoms with Gasteiger partial charge in [0.1, 0.15) is 5.82 Å². The summed E-state index contributed by atoms with van der Waals surface area (Å²) in [6.07, 6.45) is 0. The van der Waals surface area contributed by atoms with Crippen molar-refractivity contribution in [2.75, 3.05) is 6.61 Å². The normalized spacial score (nSPS) is 10.1. The lowest BCUT2D eigenvalue weighted by Crippen LogP contribution is -2.09. The van der Waals surface area contributed by atoms with Gasteiger partial charge in [-0.15, -0.1) is 11.6 Å².